The van der Waals surface area contributed by atoms with Gasteiger partial charge in [-0.15, -0.1) is 0 Å². The third-order valence-corrected chi connectivity index (χ3v) is 13.8. The van der Waals surface area contributed by atoms with Crippen molar-refractivity contribution in [1.29, 1.82) is 5.26 Å². The second kappa shape index (κ2) is 8.07. The lowest BCUT2D eigenvalue weighted by molar-refractivity contribution is -0.215. The molecule has 6 rings (SSSR count). The van der Waals surface area contributed by atoms with Crippen molar-refractivity contribution < 1.29 is 14.4 Å². The Kier molecular flexibility index (Phi) is 5.63. The number of hydrogen-bond donors (Lipinski definition) is 1. The molecule has 39 heavy (non-hydrogen) atoms. The standard InChI is InChI=1S/C34H48N2O3/c1-29(2)12-14-34(36-28(39)20-8-9-20)15-13-33(7)26(22(34)18-29)23(37)16-25-31(5)17-21(19-35)27(38)30(3,4)24(31)10-11-32(25,33)6/h17,20,22,24-26H,8-16,18H2,1-7H3,(H,36,39)/t22-,24-,25+,26-,31-,32+,33+,34-/m0/s1. The number of amides is 1. The molecule has 8 atom stereocenters. The maximum Gasteiger partial charge on any atom is 0.223 e. The SMILES string of the molecule is CC1(C)CC[C@]2(NC(=O)C3CC3)CC[C@]3(C)[C@H](C(=O)C[C@@H]4[C@@]5(C)C=C(C#N)C(=O)C(C)(C)[C@@H]5CC[C@]43C)[C@@H]2C1. The summed E-state index contributed by atoms with van der Waals surface area (Å²) in [6.45, 7) is 15.8. The van der Waals surface area contributed by atoms with Crippen LogP contribution in [0.25, 0.3) is 0 Å². The Morgan fingerprint density at radius 3 is 2.21 bits per heavy atom. The van der Waals surface area contributed by atoms with Gasteiger partial charge in [-0.05, 0) is 97.2 Å². The van der Waals surface area contributed by atoms with E-state index < -0.39 is 5.41 Å². The average Bonchev–Trinajstić information content (AvgIpc) is 3.69. The van der Waals surface area contributed by atoms with Crippen LogP contribution in [0.2, 0.25) is 0 Å². The summed E-state index contributed by atoms with van der Waals surface area (Å²) in [5.74, 6) is 1.01. The molecule has 0 aromatic rings. The van der Waals surface area contributed by atoms with E-state index in [2.05, 4.69) is 46.0 Å². The minimum Gasteiger partial charge on any atom is -0.350 e. The quantitative estimate of drug-likeness (QED) is 0.436. The molecule has 1 N–H and O–H groups in total. The molecular formula is C34H48N2O3. The molecule has 0 radical (unpaired) electrons. The second-order valence-corrected chi connectivity index (χ2v) is 16.6. The number of Topliss-reactive ketones (excluding diaryl/α,β-unsaturated/α-hetero) is 2. The fraction of sp³-hybridized carbons (Fsp3) is 0.824. The monoisotopic (exact) mass is 532 g/mol. The van der Waals surface area contributed by atoms with Gasteiger partial charge in [0.1, 0.15) is 11.9 Å². The number of nitrogens with zero attached hydrogens (tertiary/aromatic N) is 1. The van der Waals surface area contributed by atoms with E-state index >= 15 is 0 Å². The second-order valence-electron chi connectivity index (χ2n) is 16.6. The number of allylic oxidation sites excluding steroid dienone is 2. The first-order valence-electron chi connectivity index (χ1n) is 15.6. The highest BCUT2D eigenvalue weighted by molar-refractivity contribution is 6.04. The highest BCUT2D eigenvalue weighted by atomic mass is 16.2. The molecule has 0 aliphatic heterocycles. The van der Waals surface area contributed by atoms with Gasteiger partial charge < -0.3 is 5.32 Å². The molecule has 212 valence electrons. The molecule has 5 nitrogen and oxygen atoms in total. The first-order chi connectivity index (χ1) is 18.0. The van der Waals surface area contributed by atoms with Crippen LogP contribution in [0.5, 0.6) is 0 Å². The minimum atomic E-state index is -0.612. The van der Waals surface area contributed by atoms with Gasteiger partial charge in [-0.25, -0.2) is 0 Å². The van der Waals surface area contributed by atoms with Crippen molar-refractivity contribution in [3.05, 3.63) is 11.6 Å². The van der Waals surface area contributed by atoms with Crippen LogP contribution in [-0.2, 0) is 14.4 Å². The Hall–Kier alpha value is -1.96. The summed E-state index contributed by atoms with van der Waals surface area (Å²) in [5.41, 5.74) is -1.10. The van der Waals surface area contributed by atoms with Gasteiger partial charge in [0.15, 0.2) is 5.78 Å². The Bertz CT molecular complexity index is 1220. The van der Waals surface area contributed by atoms with Crippen molar-refractivity contribution in [3.8, 4) is 6.07 Å². The molecule has 5 saturated carbocycles. The normalized spacial score (nSPS) is 47.9. The van der Waals surface area contributed by atoms with Crippen LogP contribution in [-0.4, -0.2) is 23.0 Å². The highest BCUT2D eigenvalue weighted by Crippen LogP contribution is 2.74. The molecule has 0 unspecified atom stereocenters. The molecule has 0 aromatic carbocycles. The lowest BCUT2D eigenvalue weighted by Gasteiger charge is -2.72. The van der Waals surface area contributed by atoms with Crippen molar-refractivity contribution in [1.82, 2.24) is 5.32 Å². The molecule has 1 amide bonds. The number of nitrogens with one attached hydrogen (secondary N) is 1. The molecular weight excluding hydrogens is 484 g/mol. The molecule has 0 spiro atoms. The van der Waals surface area contributed by atoms with E-state index in [4.69, 9.17) is 0 Å². The van der Waals surface area contributed by atoms with Gasteiger partial charge in [-0.3, -0.25) is 14.4 Å². The minimum absolute atomic E-state index is 0.0411. The summed E-state index contributed by atoms with van der Waals surface area (Å²) >= 11 is 0. The van der Waals surface area contributed by atoms with Crippen LogP contribution in [0.4, 0.5) is 0 Å². The zero-order valence-electron chi connectivity index (χ0n) is 25.2. The summed E-state index contributed by atoms with van der Waals surface area (Å²) in [6.07, 6.45) is 11.3. The number of nitriles is 1. The Balaban J connectivity index is 1.44. The fourth-order valence-corrected chi connectivity index (χ4v) is 11.2. The topological polar surface area (TPSA) is 87.0 Å². The van der Waals surface area contributed by atoms with E-state index in [1.165, 1.54) is 0 Å². The fourth-order valence-electron chi connectivity index (χ4n) is 11.2. The zero-order valence-corrected chi connectivity index (χ0v) is 25.2. The van der Waals surface area contributed by atoms with Crippen LogP contribution in [0.1, 0.15) is 113 Å². The summed E-state index contributed by atoms with van der Waals surface area (Å²) in [7, 11) is 0. The molecule has 5 fully saturated rings. The van der Waals surface area contributed by atoms with Crippen LogP contribution >= 0.6 is 0 Å². The number of rotatable bonds is 2. The largest absolute Gasteiger partial charge is 0.350 e. The van der Waals surface area contributed by atoms with Crippen LogP contribution < -0.4 is 5.32 Å². The van der Waals surface area contributed by atoms with Gasteiger partial charge in [0, 0.05) is 29.2 Å². The summed E-state index contributed by atoms with van der Waals surface area (Å²) in [6, 6.07) is 2.22. The molecule has 6 aliphatic carbocycles. The first kappa shape index (κ1) is 27.2. The lowest BCUT2D eigenvalue weighted by atomic mass is 9.32. The van der Waals surface area contributed by atoms with Gasteiger partial charge in [-0.2, -0.15) is 5.26 Å². The highest BCUT2D eigenvalue weighted by Gasteiger charge is 2.72. The summed E-state index contributed by atoms with van der Waals surface area (Å²) < 4.78 is 0. The number of carbonyl (C=O) groups excluding carboxylic acids is 3. The number of fused-ring (bicyclic) bond motifs is 7. The Morgan fingerprint density at radius 2 is 1.56 bits per heavy atom. The van der Waals surface area contributed by atoms with Crippen LogP contribution in [0.3, 0.4) is 0 Å². The Morgan fingerprint density at radius 1 is 0.897 bits per heavy atom. The van der Waals surface area contributed by atoms with Gasteiger partial charge in [-0.1, -0.05) is 54.5 Å². The van der Waals surface area contributed by atoms with E-state index in [1.54, 1.807) is 0 Å². The first-order valence-corrected chi connectivity index (χ1v) is 15.6. The third-order valence-electron chi connectivity index (χ3n) is 13.8. The van der Waals surface area contributed by atoms with E-state index in [0.717, 1.165) is 57.8 Å². The number of hydrogen-bond acceptors (Lipinski definition) is 4. The van der Waals surface area contributed by atoms with Gasteiger partial charge >= 0.3 is 0 Å². The molecule has 0 heterocycles. The molecule has 5 heteroatoms. The van der Waals surface area contributed by atoms with Crippen molar-refractivity contribution in [2.24, 2.45) is 56.7 Å². The van der Waals surface area contributed by atoms with Crippen molar-refractivity contribution >= 4 is 17.5 Å². The smallest absolute Gasteiger partial charge is 0.223 e. The van der Waals surface area contributed by atoms with E-state index in [1.807, 2.05) is 19.9 Å². The Labute approximate surface area is 234 Å². The van der Waals surface area contributed by atoms with Gasteiger partial charge in [0.25, 0.3) is 0 Å². The van der Waals surface area contributed by atoms with E-state index in [9.17, 15) is 19.6 Å². The van der Waals surface area contributed by atoms with Crippen molar-refractivity contribution in [3.63, 3.8) is 0 Å². The van der Waals surface area contributed by atoms with Crippen molar-refractivity contribution in [2.75, 3.05) is 0 Å². The number of carbonyl (C=O) groups is 3. The predicted molar refractivity (Wildman–Crippen MR) is 150 cm³/mol. The van der Waals surface area contributed by atoms with Gasteiger partial charge in [0.05, 0.1) is 5.57 Å². The van der Waals surface area contributed by atoms with Crippen molar-refractivity contribution in [2.45, 2.75) is 118 Å². The van der Waals surface area contributed by atoms with E-state index in [0.29, 0.717) is 12.2 Å². The average molecular weight is 533 g/mol. The van der Waals surface area contributed by atoms with Crippen LogP contribution in [0.15, 0.2) is 11.6 Å². The predicted octanol–water partition coefficient (Wildman–Crippen LogP) is 6.56. The number of ketones is 2. The molecule has 0 saturated heterocycles. The summed E-state index contributed by atoms with van der Waals surface area (Å²) in [5, 5.41) is 13.5. The maximum absolute atomic E-state index is 14.6. The van der Waals surface area contributed by atoms with Gasteiger partial charge in [0.2, 0.25) is 5.91 Å². The zero-order chi connectivity index (χ0) is 28.4. The maximum atomic E-state index is 14.6. The lowest BCUT2D eigenvalue weighted by Crippen LogP contribution is -2.72. The van der Waals surface area contributed by atoms with Crippen LogP contribution in [0, 0.1) is 68.0 Å². The third kappa shape index (κ3) is 3.51. The van der Waals surface area contributed by atoms with E-state index in [-0.39, 0.29) is 74.1 Å². The molecule has 0 bridgehead atoms. The molecule has 6 aliphatic rings. The molecule has 0 aromatic heterocycles. The summed E-state index contributed by atoms with van der Waals surface area (Å²) in [4.78, 5) is 41.1.